The molecule has 0 spiro atoms. The SMILES string of the molecule is C=CCNc1nc(Nc2ccc(C)cc2)nc(OC)n1. The molecule has 0 unspecified atom stereocenters. The largest absolute Gasteiger partial charge is 0.467 e. The summed E-state index contributed by atoms with van der Waals surface area (Å²) in [6.07, 6.45) is 1.73. The van der Waals surface area contributed by atoms with Gasteiger partial charge in [0.2, 0.25) is 11.9 Å². The Balaban J connectivity index is 2.21. The van der Waals surface area contributed by atoms with E-state index < -0.39 is 0 Å². The van der Waals surface area contributed by atoms with E-state index in [1.54, 1.807) is 6.08 Å². The maximum absolute atomic E-state index is 5.06. The van der Waals surface area contributed by atoms with Gasteiger partial charge in [0.25, 0.3) is 0 Å². The van der Waals surface area contributed by atoms with E-state index in [-0.39, 0.29) is 6.01 Å². The third-order valence-corrected chi connectivity index (χ3v) is 2.51. The van der Waals surface area contributed by atoms with E-state index in [2.05, 4.69) is 32.2 Å². The zero-order chi connectivity index (χ0) is 14.4. The summed E-state index contributed by atoms with van der Waals surface area (Å²) < 4.78 is 5.06. The van der Waals surface area contributed by atoms with Crippen molar-refractivity contribution in [2.75, 3.05) is 24.3 Å². The molecule has 0 aliphatic carbocycles. The first-order chi connectivity index (χ1) is 9.71. The van der Waals surface area contributed by atoms with E-state index in [4.69, 9.17) is 4.74 Å². The second kappa shape index (κ2) is 6.51. The Bertz CT molecular complexity index is 583. The van der Waals surface area contributed by atoms with Crippen LogP contribution in [0.5, 0.6) is 6.01 Å². The summed E-state index contributed by atoms with van der Waals surface area (Å²) in [7, 11) is 1.52. The van der Waals surface area contributed by atoms with Crippen molar-refractivity contribution in [3.05, 3.63) is 42.5 Å². The molecule has 6 nitrogen and oxygen atoms in total. The molecule has 2 rings (SSSR count). The summed E-state index contributed by atoms with van der Waals surface area (Å²) in [6, 6.07) is 8.20. The van der Waals surface area contributed by atoms with Crippen LogP contribution < -0.4 is 15.4 Å². The molecule has 1 aromatic heterocycles. The average Bonchev–Trinajstić information content (AvgIpc) is 2.47. The summed E-state index contributed by atoms with van der Waals surface area (Å²) in [4.78, 5) is 12.5. The summed E-state index contributed by atoms with van der Waals surface area (Å²) in [5, 5.41) is 6.12. The molecule has 0 saturated carbocycles. The Morgan fingerprint density at radius 3 is 2.50 bits per heavy atom. The first-order valence-electron chi connectivity index (χ1n) is 6.20. The second-order valence-corrected chi connectivity index (χ2v) is 4.13. The van der Waals surface area contributed by atoms with Gasteiger partial charge in [-0.3, -0.25) is 0 Å². The fourth-order valence-corrected chi connectivity index (χ4v) is 1.51. The molecular weight excluding hydrogens is 254 g/mol. The van der Waals surface area contributed by atoms with Gasteiger partial charge in [0.1, 0.15) is 0 Å². The molecule has 0 aliphatic heterocycles. The molecule has 0 aliphatic rings. The lowest BCUT2D eigenvalue weighted by Crippen LogP contribution is -2.08. The minimum atomic E-state index is 0.251. The third-order valence-electron chi connectivity index (χ3n) is 2.51. The standard InChI is InChI=1S/C14H17N5O/c1-4-9-15-12-17-13(19-14(18-12)20-3)16-11-7-5-10(2)6-8-11/h4-8H,1,9H2,2-3H3,(H2,15,16,17,18,19). The molecule has 1 heterocycles. The lowest BCUT2D eigenvalue weighted by Gasteiger charge is -2.08. The maximum atomic E-state index is 5.06. The van der Waals surface area contributed by atoms with Crippen LogP contribution in [-0.2, 0) is 0 Å². The van der Waals surface area contributed by atoms with E-state index in [0.717, 1.165) is 5.69 Å². The maximum Gasteiger partial charge on any atom is 0.322 e. The number of aryl methyl sites for hydroxylation is 1. The van der Waals surface area contributed by atoms with E-state index in [9.17, 15) is 0 Å². The Labute approximate surface area is 117 Å². The van der Waals surface area contributed by atoms with E-state index in [1.807, 2.05) is 31.2 Å². The molecule has 0 fully saturated rings. The van der Waals surface area contributed by atoms with Crippen molar-refractivity contribution in [2.45, 2.75) is 6.92 Å². The lowest BCUT2D eigenvalue weighted by atomic mass is 10.2. The molecular formula is C14H17N5O. The predicted octanol–water partition coefficient (Wildman–Crippen LogP) is 2.53. The molecule has 0 bridgehead atoms. The van der Waals surface area contributed by atoms with Gasteiger partial charge in [0.15, 0.2) is 0 Å². The number of nitrogens with one attached hydrogen (secondary N) is 2. The number of hydrogen-bond donors (Lipinski definition) is 2. The monoisotopic (exact) mass is 271 g/mol. The van der Waals surface area contributed by atoms with Gasteiger partial charge in [0.05, 0.1) is 7.11 Å². The predicted molar refractivity (Wildman–Crippen MR) is 79.5 cm³/mol. The zero-order valence-corrected chi connectivity index (χ0v) is 11.6. The van der Waals surface area contributed by atoms with Crippen molar-refractivity contribution in [2.24, 2.45) is 0 Å². The number of nitrogens with zero attached hydrogens (tertiary/aromatic N) is 3. The Morgan fingerprint density at radius 1 is 1.15 bits per heavy atom. The first-order valence-corrected chi connectivity index (χ1v) is 6.20. The Hall–Kier alpha value is -2.63. The van der Waals surface area contributed by atoms with Crippen LogP contribution in [0, 0.1) is 6.92 Å². The van der Waals surface area contributed by atoms with Gasteiger partial charge in [0, 0.05) is 12.2 Å². The third kappa shape index (κ3) is 3.68. The van der Waals surface area contributed by atoms with Gasteiger partial charge in [-0.25, -0.2) is 0 Å². The van der Waals surface area contributed by atoms with E-state index in [0.29, 0.717) is 18.4 Å². The van der Waals surface area contributed by atoms with Crippen LogP contribution in [0.25, 0.3) is 0 Å². The molecule has 20 heavy (non-hydrogen) atoms. The fraction of sp³-hybridized carbons (Fsp3) is 0.214. The molecule has 0 radical (unpaired) electrons. The fourth-order valence-electron chi connectivity index (χ4n) is 1.51. The summed E-state index contributed by atoms with van der Waals surface area (Å²) >= 11 is 0. The number of hydrogen-bond acceptors (Lipinski definition) is 6. The van der Waals surface area contributed by atoms with Gasteiger partial charge >= 0.3 is 6.01 Å². The van der Waals surface area contributed by atoms with Crippen LogP contribution >= 0.6 is 0 Å². The van der Waals surface area contributed by atoms with Gasteiger partial charge in [-0.15, -0.1) is 6.58 Å². The van der Waals surface area contributed by atoms with Gasteiger partial charge in [-0.05, 0) is 19.1 Å². The average molecular weight is 271 g/mol. The molecule has 104 valence electrons. The number of rotatable bonds is 6. The van der Waals surface area contributed by atoms with Crippen molar-refractivity contribution in [1.82, 2.24) is 15.0 Å². The van der Waals surface area contributed by atoms with Gasteiger partial charge in [-0.2, -0.15) is 15.0 Å². The summed E-state index contributed by atoms with van der Waals surface area (Å²) in [5.41, 5.74) is 2.09. The van der Waals surface area contributed by atoms with Crippen molar-refractivity contribution < 1.29 is 4.74 Å². The first kappa shape index (κ1) is 13.8. The number of benzene rings is 1. The van der Waals surface area contributed by atoms with Crippen LogP contribution in [0.15, 0.2) is 36.9 Å². The number of aromatic nitrogens is 3. The molecule has 2 aromatic rings. The topological polar surface area (TPSA) is 72.0 Å². The Kier molecular flexibility index (Phi) is 4.49. The van der Waals surface area contributed by atoms with Gasteiger partial charge in [-0.1, -0.05) is 23.8 Å². The van der Waals surface area contributed by atoms with Crippen LogP contribution in [-0.4, -0.2) is 28.6 Å². The normalized spacial score (nSPS) is 9.90. The van der Waals surface area contributed by atoms with Crippen LogP contribution in [0.2, 0.25) is 0 Å². The summed E-state index contributed by atoms with van der Waals surface area (Å²) in [6.45, 7) is 6.24. The van der Waals surface area contributed by atoms with Crippen molar-refractivity contribution in [1.29, 1.82) is 0 Å². The van der Waals surface area contributed by atoms with Gasteiger partial charge < -0.3 is 15.4 Å². The van der Waals surface area contributed by atoms with Crippen LogP contribution in [0.1, 0.15) is 5.56 Å². The number of ether oxygens (including phenoxy) is 1. The molecule has 6 heteroatoms. The molecule has 0 amide bonds. The number of anilines is 3. The van der Waals surface area contributed by atoms with Crippen LogP contribution in [0.3, 0.4) is 0 Å². The van der Waals surface area contributed by atoms with E-state index >= 15 is 0 Å². The zero-order valence-electron chi connectivity index (χ0n) is 11.6. The lowest BCUT2D eigenvalue weighted by molar-refractivity contribution is 0.379. The smallest absolute Gasteiger partial charge is 0.322 e. The molecule has 2 N–H and O–H groups in total. The minimum Gasteiger partial charge on any atom is -0.467 e. The second-order valence-electron chi connectivity index (χ2n) is 4.13. The number of methoxy groups -OCH3 is 1. The van der Waals surface area contributed by atoms with Crippen LogP contribution in [0.4, 0.5) is 17.6 Å². The van der Waals surface area contributed by atoms with Crippen molar-refractivity contribution in [3.8, 4) is 6.01 Å². The molecule has 0 atom stereocenters. The highest BCUT2D eigenvalue weighted by molar-refractivity contribution is 5.54. The minimum absolute atomic E-state index is 0.251. The summed E-state index contributed by atoms with van der Waals surface area (Å²) in [5.74, 6) is 0.860. The quantitative estimate of drug-likeness (QED) is 0.787. The molecule has 0 saturated heterocycles. The highest BCUT2D eigenvalue weighted by atomic mass is 16.5. The highest BCUT2D eigenvalue weighted by Crippen LogP contribution is 2.16. The van der Waals surface area contributed by atoms with E-state index in [1.165, 1.54) is 12.7 Å². The van der Waals surface area contributed by atoms with Crippen molar-refractivity contribution in [3.63, 3.8) is 0 Å². The Morgan fingerprint density at radius 2 is 1.85 bits per heavy atom. The highest BCUT2D eigenvalue weighted by Gasteiger charge is 2.06. The van der Waals surface area contributed by atoms with Crippen molar-refractivity contribution >= 4 is 17.6 Å². The molecule has 1 aromatic carbocycles.